The highest BCUT2D eigenvalue weighted by Crippen LogP contribution is 2.18. The Morgan fingerprint density at radius 2 is 2.19 bits per heavy atom. The minimum Gasteiger partial charge on any atom is -0.481 e. The molecule has 2 unspecified atom stereocenters. The van der Waals surface area contributed by atoms with Crippen LogP contribution in [0.2, 0.25) is 5.02 Å². The van der Waals surface area contributed by atoms with Crippen LogP contribution in [0, 0.1) is 5.92 Å². The quantitative estimate of drug-likeness (QED) is 0.737. The SMILES string of the molecule is CCCC(CCO)CNC(=O)C(C)Oc1cccc(Cl)c1. The number of carbonyl (C=O) groups excluding carboxylic acids is 1. The van der Waals surface area contributed by atoms with Gasteiger partial charge in [-0.15, -0.1) is 0 Å². The van der Waals surface area contributed by atoms with Gasteiger partial charge in [-0.1, -0.05) is 31.0 Å². The molecule has 0 bridgehead atoms. The minimum absolute atomic E-state index is 0.148. The van der Waals surface area contributed by atoms with E-state index in [0.717, 1.165) is 12.8 Å². The second kappa shape index (κ2) is 9.64. The number of carbonyl (C=O) groups is 1. The lowest BCUT2D eigenvalue weighted by atomic mass is 10.0. The highest BCUT2D eigenvalue weighted by atomic mass is 35.5. The molecule has 0 saturated carbocycles. The maximum atomic E-state index is 12.0. The number of aliphatic hydroxyl groups is 1. The Morgan fingerprint density at radius 1 is 1.43 bits per heavy atom. The smallest absolute Gasteiger partial charge is 0.260 e. The van der Waals surface area contributed by atoms with Gasteiger partial charge in [0.15, 0.2) is 6.10 Å². The van der Waals surface area contributed by atoms with Crippen LogP contribution in [-0.2, 0) is 4.79 Å². The molecule has 118 valence electrons. The topological polar surface area (TPSA) is 58.6 Å². The predicted octanol–water partition coefficient (Wildman–Crippen LogP) is 3.02. The van der Waals surface area contributed by atoms with Gasteiger partial charge < -0.3 is 15.2 Å². The van der Waals surface area contributed by atoms with Crippen LogP contribution in [0.1, 0.15) is 33.1 Å². The molecule has 5 heteroatoms. The molecule has 1 aromatic rings. The summed E-state index contributed by atoms with van der Waals surface area (Å²) in [7, 11) is 0. The number of ether oxygens (including phenoxy) is 1. The van der Waals surface area contributed by atoms with Crippen molar-refractivity contribution in [3.63, 3.8) is 0 Å². The number of aliphatic hydroxyl groups excluding tert-OH is 1. The number of amides is 1. The highest BCUT2D eigenvalue weighted by Gasteiger charge is 2.16. The minimum atomic E-state index is -0.583. The largest absolute Gasteiger partial charge is 0.481 e. The Bertz CT molecular complexity index is 433. The average Bonchev–Trinajstić information content (AvgIpc) is 2.45. The van der Waals surface area contributed by atoms with Crippen molar-refractivity contribution < 1.29 is 14.6 Å². The van der Waals surface area contributed by atoms with Gasteiger partial charge in [-0.05, 0) is 43.9 Å². The monoisotopic (exact) mass is 313 g/mol. The van der Waals surface area contributed by atoms with E-state index in [1.807, 2.05) is 0 Å². The van der Waals surface area contributed by atoms with E-state index in [0.29, 0.717) is 29.7 Å². The van der Waals surface area contributed by atoms with Crippen LogP contribution in [0.25, 0.3) is 0 Å². The number of hydrogen-bond acceptors (Lipinski definition) is 3. The van der Waals surface area contributed by atoms with Crippen molar-refractivity contribution in [1.82, 2.24) is 5.32 Å². The number of benzene rings is 1. The first-order valence-corrected chi connectivity index (χ1v) is 7.75. The third-order valence-electron chi connectivity index (χ3n) is 3.28. The lowest BCUT2D eigenvalue weighted by Gasteiger charge is -2.19. The van der Waals surface area contributed by atoms with Gasteiger partial charge in [0.2, 0.25) is 0 Å². The van der Waals surface area contributed by atoms with Crippen LogP contribution in [0.15, 0.2) is 24.3 Å². The van der Waals surface area contributed by atoms with Crippen LogP contribution < -0.4 is 10.1 Å². The fraction of sp³-hybridized carbons (Fsp3) is 0.562. The van der Waals surface area contributed by atoms with E-state index >= 15 is 0 Å². The van der Waals surface area contributed by atoms with Crippen LogP contribution in [0.3, 0.4) is 0 Å². The molecule has 21 heavy (non-hydrogen) atoms. The molecule has 4 nitrogen and oxygen atoms in total. The Labute approximate surface area is 131 Å². The summed E-state index contributed by atoms with van der Waals surface area (Å²) in [6, 6.07) is 6.97. The average molecular weight is 314 g/mol. The summed E-state index contributed by atoms with van der Waals surface area (Å²) in [6.45, 7) is 4.51. The fourth-order valence-electron chi connectivity index (χ4n) is 2.13. The first-order chi connectivity index (χ1) is 10.1. The summed E-state index contributed by atoms with van der Waals surface area (Å²) in [5, 5.41) is 12.5. The molecule has 2 atom stereocenters. The van der Waals surface area contributed by atoms with Gasteiger partial charge in [0.1, 0.15) is 5.75 Å². The lowest BCUT2D eigenvalue weighted by molar-refractivity contribution is -0.127. The third kappa shape index (κ3) is 6.82. The molecule has 0 aliphatic heterocycles. The molecule has 0 aromatic heterocycles. The van der Waals surface area contributed by atoms with Gasteiger partial charge >= 0.3 is 0 Å². The van der Waals surface area contributed by atoms with E-state index < -0.39 is 6.10 Å². The van der Waals surface area contributed by atoms with Gasteiger partial charge in [-0.2, -0.15) is 0 Å². The maximum absolute atomic E-state index is 12.0. The molecule has 0 radical (unpaired) electrons. The Morgan fingerprint density at radius 3 is 2.81 bits per heavy atom. The number of rotatable bonds is 9. The third-order valence-corrected chi connectivity index (χ3v) is 3.51. The molecule has 0 aliphatic rings. The van der Waals surface area contributed by atoms with E-state index in [1.54, 1.807) is 31.2 Å². The standard InChI is InChI=1S/C16H24ClNO3/c1-3-5-13(8-9-19)11-18-16(20)12(2)21-15-7-4-6-14(17)10-15/h4,6-7,10,12-13,19H,3,5,8-9,11H2,1-2H3,(H,18,20). The van der Waals surface area contributed by atoms with Crippen molar-refractivity contribution in [2.75, 3.05) is 13.2 Å². The lowest BCUT2D eigenvalue weighted by Crippen LogP contribution is -2.39. The van der Waals surface area contributed by atoms with Crippen molar-refractivity contribution in [2.45, 2.75) is 39.2 Å². The summed E-state index contributed by atoms with van der Waals surface area (Å²) >= 11 is 5.88. The van der Waals surface area contributed by atoms with Crippen molar-refractivity contribution in [3.8, 4) is 5.75 Å². The molecule has 0 fully saturated rings. The van der Waals surface area contributed by atoms with Crippen molar-refractivity contribution >= 4 is 17.5 Å². The molecule has 1 aromatic carbocycles. The number of halogens is 1. The fourth-order valence-corrected chi connectivity index (χ4v) is 2.31. The normalized spacial score (nSPS) is 13.5. The zero-order valence-corrected chi connectivity index (χ0v) is 13.4. The van der Waals surface area contributed by atoms with Crippen molar-refractivity contribution in [3.05, 3.63) is 29.3 Å². The Balaban J connectivity index is 2.43. The van der Waals surface area contributed by atoms with Gasteiger partial charge in [-0.3, -0.25) is 4.79 Å². The van der Waals surface area contributed by atoms with Gasteiger partial charge in [0.25, 0.3) is 5.91 Å². The zero-order valence-electron chi connectivity index (χ0n) is 12.6. The first-order valence-electron chi connectivity index (χ1n) is 7.37. The number of nitrogens with one attached hydrogen (secondary N) is 1. The van der Waals surface area contributed by atoms with Crippen LogP contribution in [0.4, 0.5) is 0 Å². The van der Waals surface area contributed by atoms with Crippen LogP contribution in [-0.4, -0.2) is 30.3 Å². The molecule has 1 amide bonds. The summed E-state index contributed by atoms with van der Waals surface area (Å²) in [6.07, 6.45) is 2.15. The number of hydrogen-bond donors (Lipinski definition) is 2. The summed E-state index contributed by atoms with van der Waals surface area (Å²) in [5.74, 6) is 0.724. The van der Waals surface area contributed by atoms with Crippen LogP contribution in [0.5, 0.6) is 5.75 Å². The molecular formula is C16H24ClNO3. The Hall–Kier alpha value is -1.26. The first kappa shape index (κ1) is 17.8. The molecule has 2 N–H and O–H groups in total. The second-order valence-electron chi connectivity index (χ2n) is 5.13. The van der Waals surface area contributed by atoms with E-state index in [1.165, 1.54) is 0 Å². The van der Waals surface area contributed by atoms with E-state index in [4.69, 9.17) is 21.4 Å². The van der Waals surface area contributed by atoms with Gasteiger partial charge in [0, 0.05) is 18.2 Å². The predicted molar refractivity (Wildman–Crippen MR) is 84.7 cm³/mol. The van der Waals surface area contributed by atoms with Crippen LogP contribution >= 0.6 is 11.6 Å². The molecular weight excluding hydrogens is 290 g/mol. The maximum Gasteiger partial charge on any atom is 0.260 e. The molecule has 0 saturated heterocycles. The summed E-state index contributed by atoms with van der Waals surface area (Å²) in [4.78, 5) is 12.0. The van der Waals surface area contributed by atoms with E-state index in [-0.39, 0.29) is 12.5 Å². The molecule has 1 rings (SSSR count). The highest BCUT2D eigenvalue weighted by molar-refractivity contribution is 6.30. The van der Waals surface area contributed by atoms with Crippen molar-refractivity contribution in [1.29, 1.82) is 0 Å². The van der Waals surface area contributed by atoms with E-state index in [2.05, 4.69) is 12.2 Å². The van der Waals surface area contributed by atoms with E-state index in [9.17, 15) is 4.79 Å². The second-order valence-corrected chi connectivity index (χ2v) is 5.57. The summed E-state index contributed by atoms with van der Waals surface area (Å²) < 4.78 is 5.56. The Kier molecular flexibility index (Phi) is 8.16. The van der Waals surface area contributed by atoms with Gasteiger partial charge in [-0.25, -0.2) is 0 Å². The molecule has 0 spiro atoms. The zero-order chi connectivity index (χ0) is 15.7. The van der Waals surface area contributed by atoms with Crippen molar-refractivity contribution in [2.24, 2.45) is 5.92 Å². The molecule has 0 heterocycles. The summed E-state index contributed by atoms with van der Waals surface area (Å²) in [5.41, 5.74) is 0. The molecule has 0 aliphatic carbocycles. The van der Waals surface area contributed by atoms with Gasteiger partial charge in [0.05, 0.1) is 0 Å².